The molecule has 2 heterocycles. The number of anilines is 1. The lowest BCUT2D eigenvalue weighted by molar-refractivity contribution is -0.119. The summed E-state index contributed by atoms with van der Waals surface area (Å²) in [6.07, 6.45) is 3.48. The summed E-state index contributed by atoms with van der Waals surface area (Å²) in [5.41, 5.74) is 0.683. The topological polar surface area (TPSA) is 75.6 Å². The highest BCUT2D eigenvalue weighted by atomic mass is 32.1. The first-order valence-electron chi connectivity index (χ1n) is 7.30. The fourth-order valence-electron chi connectivity index (χ4n) is 2.61. The number of hydrogen-bond donors (Lipinski definition) is 2. The quantitative estimate of drug-likeness (QED) is 0.904. The van der Waals surface area contributed by atoms with Crippen LogP contribution in [-0.4, -0.2) is 29.7 Å². The minimum Gasteiger partial charge on any atom is -0.477 e. The van der Waals surface area contributed by atoms with E-state index in [2.05, 4.69) is 5.32 Å². The van der Waals surface area contributed by atoms with Gasteiger partial charge in [0, 0.05) is 17.0 Å². The lowest BCUT2D eigenvalue weighted by Crippen LogP contribution is -2.25. The molecule has 2 aromatic rings. The van der Waals surface area contributed by atoms with Crippen LogP contribution in [0.1, 0.15) is 35.4 Å². The maximum absolute atomic E-state index is 12.0. The number of amides is 1. The third-order valence-electron chi connectivity index (χ3n) is 3.70. The van der Waals surface area contributed by atoms with Crippen molar-refractivity contribution in [3.05, 3.63) is 29.1 Å². The molecule has 2 N–H and O–H groups in total. The van der Waals surface area contributed by atoms with Crippen molar-refractivity contribution in [2.45, 2.75) is 31.8 Å². The van der Waals surface area contributed by atoms with Gasteiger partial charge in [0.15, 0.2) is 0 Å². The molecule has 0 unspecified atom stereocenters. The highest BCUT2D eigenvalue weighted by Crippen LogP contribution is 2.28. The first-order chi connectivity index (χ1) is 10.6. The molecule has 22 heavy (non-hydrogen) atoms. The monoisotopic (exact) mass is 319 g/mol. The summed E-state index contributed by atoms with van der Waals surface area (Å²) < 4.78 is 6.46. The molecule has 6 heteroatoms. The van der Waals surface area contributed by atoms with E-state index >= 15 is 0 Å². The molecule has 116 valence electrons. The number of hydrogen-bond acceptors (Lipinski definition) is 4. The first-order valence-corrected chi connectivity index (χ1v) is 8.12. The third-order valence-corrected chi connectivity index (χ3v) is 4.80. The Kier molecular flexibility index (Phi) is 4.40. The summed E-state index contributed by atoms with van der Waals surface area (Å²) >= 11 is 1.23. The van der Waals surface area contributed by atoms with Gasteiger partial charge >= 0.3 is 5.97 Å². The zero-order valence-electron chi connectivity index (χ0n) is 12.0. The van der Waals surface area contributed by atoms with Crippen molar-refractivity contribution in [1.29, 1.82) is 0 Å². The van der Waals surface area contributed by atoms with E-state index in [1.807, 2.05) is 6.07 Å². The van der Waals surface area contributed by atoms with Gasteiger partial charge in [0.25, 0.3) is 0 Å². The van der Waals surface area contributed by atoms with Crippen molar-refractivity contribution in [1.82, 2.24) is 0 Å². The zero-order valence-corrected chi connectivity index (χ0v) is 12.8. The minimum atomic E-state index is -0.929. The molecule has 0 saturated carbocycles. The fraction of sp³-hybridized carbons (Fsp3) is 0.375. The van der Waals surface area contributed by atoms with Crippen molar-refractivity contribution >= 4 is 39.0 Å². The van der Waals surface area contributed by atoms with Gasteiger partial charge in [-0.15, -0.1) is 11.3 Å². The Morgan fingerprint density at radius 1 is 1.32 bits per heavy atom. The van der Waals surface area contributed by atoms with Gasteiger partial charge in [-0.2, -0.15) is 0 Å². The number of carbonyl (C=O) groups excluding carboxylic acids is 1. The molecule has 0 spiro atoms. The van der Waals surface area contributed by atoms with Crippen LogP contribution < -0.4 is 5.32 Å². The van der Waals surface area contributed by atoms with Crippen molar-refractivity contribution in [3.8, 4) is 0 Å². The molecule has 3 rings (SSSR count). The van der Waals surface area contributed by atoms with Crippen molar-refractivity contribution in [3.63, 3.8) is 0 Å². The summed E-state index contributed by atoms with van der Waals surface area (Å²) in [5.74, 6) is -0.999. The molecule has 0 bridgehead atoms. The predicted molar refractivity (Wildman–Crippen MR) is 85.6 cm³/mol. The number of ether oxygens (including phenoxy) is 1. The average molecular weight is 319 g/mol. The number of benzene rings is 1. The molecule has 1 aliphatic heterocycles. The molecule has 0 radical (unpaired) electrons. The van der Waals surface area contributed by atoms with Gasteiger partial charge in [0.2, 0.25) is 5.91 Å². The van der Waals surface area contributed by atoms with Crippen LogP contribution in [0.15, 0.2) is 24.3 Å². The predicted octanol–water partition coefficient (Wildman–Crippen LogP) is 3.50. The molecule has 1 aromatic heterocycles. The number of aromatic carboxylic acids is 1. The SMILES string of the molecule is O=C(C[C@H]1CCCCO1)Nc1ccc2sc(C(=O)O)cc2c1. The van der Waals surface area contributed by atoms with Crippen LogP contribution in [0.2, 0.25) is 0 Å². The van der Waals surface area contributed by atoms with Crippen molar-refractivity contribution in [2.24, 2.45) is 0 Å². The van der Waals surface area contributed by atoms with Crippen LogP contribution in [-0.2, 0) is 9.53 Å². The molecule has 1 aliphatic rings. The molecule has 1 saturated heterocycles. The minimum absolute atomic E-state index is 0.0113. The van der Waals surface area contributed by atoms with Gasteiger partial charge in [-0.05, 0) is 48.9 Å². The van der Waals surface area contributed by atoms with Crippen LogP contribution in [0.25, 0.3) is 10.1 Å². The van der Waals surface area contributed by atoms with Gasteiger partial charge in [-0.25, -0.2) is 4.79 Å². The van der Waals surface area contributed by atoms with E-state index in [0.29, 0.717) is 17.0 Å². The number of carboxylic acids is 1. The Labute approximate surface area is 131 Å². The number of rotatable bonds is 4. The smallest absolute Gasteiger partial charge is 0.345 e. The van der Waals surface area contributed by atoms with Crippen LogP contribution in [0.3, 0.4) is 0 Å². The summed E-state index contributed by atoms with van der Waals surface area (Å²) in [6, 6.07) is 7.06. The van der Waals surface area contributed by atoms with Crippen molar-refractivity contribution in [2.75, 3.05) is 11.9 Å². The van der Waals surface area contributed by atoms with Crippen LogP contribution in [0, 0.1) is 0 Å². The summed E-state index contributed by atoms with van der Waals surface area (Å²) in [7, 11) is 0. The first kappa shape index (κ1) is 15.0. The molecule has 1 amide bonds. The molecular weight excluding hydrogens is 302 g/mol. The normalized spacial score (nSPS) is 18.3. The molecule has 5 nitrogen and oxygen atoms in total. The second kappa shape index (κ2) is 6.46. The molecule has 1 aromatic carbocycles. The van der Waals surface area contributed by atoms with Gasteiger partial charge in [-0.3, -0.25) is 4.79 Å². The van der Waals surface area contributed by atoms with E-state index in [0.717, 1.165) is 36.0 Å². The Morgan fingerprint density at radius 2 is 2.18 bits per heavy atom. The second-order valence-electron chi connectivity index (χ2n) is 5.41. The Bertz CT molecular complexity index is 703. The van der Waals surface area contributed by atoms with E-state index in [1.165, 1.54) is 11.3 Å². The molecule has 0 aliphatic carbocycles. The van der Waals surface area contributed by atoms with E-state index in [4.69, 9.17) is 9.84 Å². The number of nitrogens with one attached hydrogen (secondary N) is 1. The molecule has 1 atom stereocenters. The maximum atomic E-state index is 12.0. The largest absolute Gasteiger partial charge is 0.477 e. The zero-order chi connectivity index (χ0) is 15.5. The van der Waals surface area contributed by atoms with Gasteiger partial charge in [0.1, 0.15) is 4.88 Å². The van der Waals surface area contributed by atoms with Crippen LogP contribution in [0.4, 0.5) is 5.69 Å². The third kappa shape index (κ3) is 3.45. The lowest BCUT2D eigenvalue weighted by atomic mass is 10.1. The Balaban J connectivity index is 1.67. The van der Waals surface area contributed by atoms with Crippen LogP contribution in [0.5, 0.6) is 0 Å². The van der Waals surface area contributed by atoms with Gasteiger partial charge in [0.05, 0.1) is 12.5 Å². The van der Waals surface area contributed by atoms with Crippen LogP contribution >= 0.6 is 11.3 Å². The van der Waals surface area contributed by atoms with Gasteiger partial charge in [-0.1, -0.05) is 0 Å². The average Bonchev–Trinajstić information content (AvgIpc) is 2.91. The molecular formula is C16H17NO4S. The number of carboxylic acid groups (broad SMARTS) is 1. The highest BCUT2D eigenvalue weighted by Gasteiger charge is 2.18. The number of thiophene rings is 1. The maximum Gasteiger partial charge on any atom is 0.345 e. The highest BCUT2D eigenvalue weighted by molar-refractivity contribution is 7.20. The van der Waals surface area contributed by atoms with E-state index < -0.39 is 5.97 Å². The Hall–Kier alpha value is -1.92. The van der Waals surface area contributed by atoms with Crippen molar-refractivity contribution < 1.29 is 19.4 Å². The number of fused-ring (bicyclic) bond motifs is 1. The lowest BCUT2D eigenvalue weighted by Gasteiger charge is -2.21. The summed E-state index contributed by atoms with van der Waals surface area (Å²) in [6.45, 7) is 0.733. The van der Waals surface area contributed by atoms with Gasteiger partial charge < -0.3 is 15.2 Å². The standard InChI is InChI=1S/C16H17NO4S/c18-15(9-12-3-1-2-6-21-12)17-11-4-5-13-10(7-11)8-14(22-13)16(19)20/h4-5,7-8,12H,1-3,6,9H2,(H,17,18)(H,19,20)/t12-/m1/s1. The number of carbonyl (C=O) groups is 2. The molecule has 1 fully saturated rings. The Morgan fingerprint density at radius 3 is 2.91 bits per heavy atom. The summed E-state index contributed by atoms with van der Waals surface area (Å²) in [4.78, 5) is 23.3. The fourth-order valence-corrected chi connectivity index (χ4v) is 3.50. The van der Waals surface area contributed by atoms with E-state index in [1.54, 1.807) is 18.2 Å². The van der Waals surface area contributed by atoms with E-state index in [9.17, 15) is 9.59 Å². The second-order valence-corrected chi connectivity index (χ2v) is 6.49. The van der Waals surface area contributed by atoms with E-state index in [-0.39, 0.29) is 12.0 Å². The summed E-state index contributed by atoms with van der Waals surface area (Å²) in [5, 5.41) is 12.7.